The maximum atomic E-state index is 13.3. The molecular formula is C25H16BrFN4O3. The summed E-state index contributed by atoms with van der Waals surface area (Å²) in [4.78, 5) is 24.1. The molecule has 9 heteroatoms. The van der Waals surface area contributed by atoms with Crippen molar-refractivity contribution in [3.05, 3.63) is 94.7 Å². The fourth-order valence-corrected chi connectivity index (χ4v) is 3.79. The Morgan fingerprint density at radius 2 is 1.97 bits per heavy atom. The van der Waals surface area contributed by atoms with Gasteiger partial charge in [-0.25, -0.2) is 14.4 Å². The van der Waals surface area contributed by atoms with Crippen molar-refractivity contribution in [3.63, 3.8) is 0 Å². The minimum absolute atomic E-state index is 0.240. The van der Waals surface area contributed by atoms with Crippen molar-refractivity contribution in [1.29, 1.82) is 0 Å². The minimum Gasteiger partial charge on any atom is -0.488 e. The molecule has 1 N–H and O–H groups in total. The van der Waals surface area contributed by atoms with Gasteiger partial charge in [0.15, 0.2) is 17.8 Å². The lowest BCUT2D eigenvalue weighted by atomic mass is 10.2. The first-order valence-corrected chi connectivity index (χ1v) is 11.0. The molecule has 168 valence electrons. The molecule has 5 aromatic rings. The van der Waals surface area contributed by atoms with Crippen molar-refractivity contribution in [2.75, 3.05) is 5.32 Å². The first kappa shape index (κ1) is 21.7. The van der Waals surface area contributed by atoms with Crippen molar-refractivity contribution < 1.29 is 18.3 Å². The Hall–Kier alpha value is -4.11. The molecule has 0 aliphatic carbocycles. The number of aldehydes is 1. The highest BCUT2D eigenvalue weighted by Gasteiger charge is 2.09. The summed E-state index contributed by atoms with van der Waals surface area (Å²) in [6.07, 6.45) is 3.96. The number of pyridine rings is 1. The molecule has 3 heterocycles. The van der Waals surface area contributed by atoms with Crippen molar-refractivity contribution in [2.45, 2.75) is 6.61 Å². The van der Waals surface area contributed by atoms with Gasteiger partial charge in [-0.1, -0.05) is 12.1 Å². The molecule has 0 bridgehead atoms. The maximum absolute atomic E-state index is 13.3. The lowest BCUT2D eigenvalue weighted by Crippen LogP contribution is -1.99. The third-order valence-electron chi connectivity index (χ3n) is 4.93. The molecular weight excluding hydrogens is 503 g/mol. The van der Waals surface area contributed by atoms with Gasteiger partial charge in [0, 0.05) is 17.3 Å². The van der Waals surface area contributed by atoms with Crippen LogP contribution in [0.25, 0.3) is 22.4 Å². The van der Waals surface area contributed by atoms with Gasteiger partial charge in [0.25, 0.3) is 0 Å². The summed E-state index contributed by atoms with van der Waals surface area (Å²) in [5.74, 6) is 1.47. The highest BCUT2D eigenvalue weighted by molar-refractivity contribution is 9.10. The second-order valence-electron chi connectivity index (χ2n) is 7.33. The molecule has 3 aromatic heterocycles. The standard InChI is InChI=1S/C25H16BrFN4O3/c26-20-10-18(4-6-23(20)33-14-15-2-1-3-17(27)8-15)30-25-29-11-16-9-21(28-12-22(16)31-25)24-7-5-19(13-32)34-24/h1-13H,14H2,(H,29,30,31). The van der Waals surface area contributed by atoms with Crippen LogP contribution in [-0.2, 0) is 6.61 Å². The van der Waals surface area contributed by atoms with Gasteiger partial charge in [-0.05, 0) is 70.0 Å². The van der Waals surface area contributed by atoms with E-state index >= 15 is 0 Å². The number of hydrogen-bond donors (Lipinski definition) is 1. The Bertz CT molecular complexity index is 1510. The van der Waals surface area contributed by atoms with E-state index in [1.807, 2.05) is 12.1 Å². The van der Waals surface area contributed by atoms with Gasteiger partial charge in [0.05, 0.1) is 16.2 Å². The monoisotopic (exact) mass is 518 g/mol. The van der Waals surface area contributed by atoms with E-state index in [2.05, 4.69) is 36.2 Å². The number of nitrogens with zero attached hydrogens (tertiary/aromatic N) is 3. The molecule has 0 atom stereocenters. The highest BCUT2D eigenvalue weighted by Crippen LogP contribution is 2.30. The number of hydrogen-bond acceptors (Lipinski definition) is 7. The van der Waals surface area contributed by atoms with Crippen LogP contribution in [0.5, 0.6) is 5.75 Å². The van der Waals surface area contributed by atoms with Gasteiger partial charge in [-0.15, -0.1) is 0 Å². The summed E-state index contributed by atoms with van der Waals surface area (Å²) in [5, 5.41) is 3.94. The zero-order valence-electron chi connectivity index (χ0n) is 17.5. The van der Waals surface area contributed by atoms with E-state index in [4.69, 9.17) is 9.15 Å². The number of aromatic nitrogens is 3. The third kappa shape index (κ3) is 4.79. The molecule has 0 saturated carbocycles. The molecule has 5 rings (SSSR count). The van der Waals surface area contributed by atoms with E-state index in [0.717, 1.165) is 21.1 Å². The summed E-state index contributed by atoms with van der Waals surface area (Å²) in [7, 11) is 0. The Morgan fingerprint density at radius 1 is 1.06 bits per heavy atom. The quantitative estimate of drug-likeness (QED) is 0.252. The smallest absolute Gasteiger partial charge is 0.227 e. The number of anilines is 2. The van der Waals surface area contributed by atoms with E-state index in [9.17, 15) is 9.18 Å². The Balaban J connectivity index is 1.29. The summed E-state index contributed by atoms with van der Waals surface area (Å²) in [5.41, 5.74) is 2.73. The van der Waals surface area contributed by atoms with Crippen LogP contribution < -0.4 is 10.1 Å². The first-order valence-electron chi connectivity index (χ1n) is 10.2. The Morgan fingerprint density at radius 3 is 2.76 bits per heavy atom. The lowest BCUT2D eigenvalue weighted by Gasteiger charge is -2.11. The molecule has 34 heavy (non-hydrogen) atoms. The summed E-state index contributed by atoms with van der Waals surface area (Å²) in [6, 6.07) is 16.9. The van der Waals surface area contributed by atoms with Gasteiger partial charge in [-0.2, -0.15) is 0 Å². The molecule has 0 amide bonds. The van der Waals surface area contributed by atoms with Gasteiger partial charge in [0.1, 0.15) is 23.9 Å². The van der Waals surface area contributed by atoms with Gasteiger partial charge >= 0.3 is 0 Å². The normalized spacial score (nSPS) is 10.9. The number of ether oxygens (including phenoxy) is 1. The Labute approximate surface area is 201 Å². The second-order valence-corrected chi connectivity index (χ2v) is 8.18. The Kier molecular flexibility index (Phi) is 6.01. The molecule has 0 radical (unpaired) electrons. The van der Waals surface area contributed by atoms with Gasteiger partial charge in [0.2, 0.25) is 5.95 Å². The third-order valence-corrected chi connectivity index (χ3v) is 5.55. The molecule has 0 unspecified atom stereocenters. The largest absolute Gasteiger partial charge is 0.488 e. The van der Waals surface area contributed by atoms with E-state index < -0.39 is 0 Å². The number of halogens is 2. The van der Waals surface area contributed by atoms with Crippen LogP contribution in [-0.4, -0.2) is 21.2 Å². The zero-order valence-corrected chi connectivity index (χ0v) is 19.1. The van der Waals surface area contributed by atoms with Crippen LogP contribution in [0.1, 0.15) is 16.1 Å². The molecule has 0 spiro atoms. The van der Waals surface area contributed by atoms with E-state index in [1.54, 1.807) is 48.8 Å². The van der Waals surface area contributed by atoms with E-state index in [-0.39, 0.29) is 18.2 Å². The SMILES string of the molecule is O=Cc1ccc(-c2cc3cnc(Nc4ccc(OCc5cccc(F)c5)c(Br)c4)nc3cn2)o1. The lowest BCUT2D eigenvalue weighted by molar-refractivity contribution is 0.110. The van der Waals surface area contributed by atoms with E-state index in [0.29, 0.717) is 35.0 Å². The number of rotatable bonds is 7. The summed E-state index contributed by atoms with van der Waals surface area (Å²) >= 11 is 3.50. The van der Waals surface area contributed by atoms with Crippen molar-refractivity contribution in [1.82, 2.24) is 15.0 Å². The van der Waals surface area contributed by atoms with Crippen molar-refractivity contribution >= 4 is 44.8 Å². The topological polar surface area (TPSA) is 90.1 Å². The zero-order chi connectivity index (χ0) is 23.5. The predicted octanol–water partition coefficient (Wildman–Crippen LogP) is 6.32. The van der Waals surface area contributed by atoms with Crippen LogP contribution in [0.3, 0.4) is 0 Å². The van der Waals surface area contributed by atoms with Crippen LogP contribution in [0, 0.1) is 5.82 Å². The van der Waals surface area contributed by atoms with Crippen molar-refractivity contribution in [3.8, 4) is 17.2 Å². The van der Waals surface area contributed by atoms with Gasteiger partial charge < -0.3 is 14.5 Å². The molecule has 7 nitrogen and oxygen atoms in total. The molecule has 0 fully saturated rings. The minimum atomic E-state index is -0.297. The molecule has 0 saturated heterocycles. The molecule has 0 aliphatic heterocycles. The highest BCUT2D eigenvalue weighted by atomic mass is 79.9. The van der Waals surface area contributed by atoms with Crippen LogP contribution >= 0.6 is 15.9 Å². The average Bonchev–Trinajstić information content (AvgIpc) is 3.33. The fourth-order valence-electron chi connectivity index (χ4n) is 3.30. The number of fused-ring (bicyclic) bond motifs is 1. The number of benzene rings is 2. The van der Waals surface area contributed by atoms with Gasteiger partial charge in [-0.3, -0.25) is 9.78 Å². The molecule has 0 aliphatic rings. The summed E-state index contributed by atoms with van der Waals surface area (Å²) < 4.78 is 25.3. The van der Waals surface area contributed by atoms with Crippen molar-refractivity contribution in [2.24, 2.45) is 0 Å². The molecule has 2 aromatic carbocycles. The number of carbonyl (C=O) groups is 1. The number of furan rings is 1. The van der Waals surface area contributed by atoms with Crippen LogP contribution in [0.4, 0.5) is 16.0 Å². The van der Waals surface area contributed by atoms with Crippen LogP contribution in [0.15, 0.2) is 81.9 Å². The van der Waals surface area contributed by atoms with E-state index in [1.165, 1.54) is 12.1 Å². The average molecular weight is 519 g/mol. The van der Waals surface area contributed by atoms with Crippen LogP contribution in [0.2, 0.25) is 0 Å². The number of nitrogens with one attached hydrogen (secondary N) is 1. The maximum Gasteiger partial charge on any atom is 0.227 e. The second kappa shape index (κ2) is 9.40. The summed E-state index contributed by atoms with van der Waals surface area (Å²) in [6.45, 7) is 0.250. The number of carbonyl (C=O) groups excluding carboxylic acids is 1. The first-order chi connectivity index (χ1) is 16.6. The predicted molar refractivity (Wildman–Crippen MR) is 129 cm³/mol. The fraction of sp³-hybridized carbons (Fsp3) is 0.0400.